The zero-order valence-electron chi connectivity index (χ0n) is 16.6. The van der Waals surface area contributed by atoms with E-state index in [0.717, 1.165) is 35.0 Å². The van der Waals surface area contributed by atoms with E-state index in [0.29, 0.717) is 22.1 Å². The fourth-order valence-electron chi connectivity index (χ4n) is 4.43. The van der Waals surface area contributed by atoms with Gasteiger partial charge in [-0.1, -0.05) is 6.07 Å². The van der Waals surface area contributed by atoms with Crippen molar-refractivity contribution in [2.45, 2.75) is 44.1 Å². The number of hydrogen-bond acceptors (Lipinski definition) is 4. The van der Waals surface area contributed by atoms with Crippen LogP contribution in [-0.4, -0.2) is 29.5 Å². The van der Waals surface area contributed by atoms with Gasteiger partial charge in [0.25, 0.3) is 0 Å². The van der Waals surface area contributed by atoms with Gasteiger partial charge >= 0.3 is 0 Å². The quantitative estimate of drug-likeness (QED) is 0.390. The van der Waals surface area contributed by atoms with E-state index in [1.807, 2.05) is 22.8 Å². The number of phenols is 2. The van der Waals surface area contributed by atoms with Crippen LogP contribution in [-0.2, 0) is 5.54 Å². The van der Waals surface area contributed by atoms with E-state index in [1.165, 1.54) is 18.9 Å². The molecule has 2 aliphatic rings. The highest BCUT2D eigenvalue weighted by molar-refractivity contribution is 7.71. The van der Waals surface area contributed by atoms with Crippen molar-refractivity contribution in [1.29, 1.82) is 0 Å². The first kappa shape index (κ1) is 17.8. The first-order valence-electron chi connectivity index (χ1n) is 10.3. The first-order valence-corrected chi connectivity index (χ1v) is 10.7. The SMILES string of the molecule is CC1(n2ccc3c(-n4c(-c5cc(C6CC6)c(O)cc5O)n[nH]c4=S)cccc32)CC1. The Morgan fingerprint density at radius 2 is 1.93 bits per heavy atom. The Labute approximate surface area is 178 Å². The molecule has 7 heteroatoms. The number of aromatic amines is 1. The van der Waals surface area contributed by atoms with E-state index in [1.54, 1.807) is 0 Å². The van der Waals surface area contributed by atoms with Crippen molar-refractivity contribution in [3.63, 3.8) is 0 Å². The van der Waals surface area contributed by atoms with E-state index >= 15 is 0 Å². The molecule has 30 heavy (non-hydrogen) atoms. The molecule has 0 saturated heterocycles. The van der Waals surface area contributed by atoms with E-state index in [4.69, 9.17) is 12.2 Å². The molecule has 4 aromatic rings. The smallest absolute Gasteiger partial charge is 0.200 e. The van der Waals surface area contributed by atoms with Gasteiger partial charge in [-0.3, -0.25) is 9.67 Å². The molecule has 2 saturated carbocycles. The molecule has 0 unspecified atom stereocenters. The number of aromatic hydroxyl groups is 2. The van der Waals surface area contributed by atoms with Gasteiger partial charge in [0, 0.05) is 23.2 Å². The van der Waals surface area contributed by atoms with Gasteiger partial charge in [-0.05, 0) is 80.6 Å². The lowest BCUT2D eigenvalue weighted by Gasteiger charge is -2.15. The second-order valence-electron chi connectivity index (χ2n) is 8.78. The number of benzene rings is 2. The molecule has 2 aromatic carbocycles. The van der Waals surface area contributed by atoms with Crippen molar-refractivity contribution in [2.75, 3.05) is 0 Å². The molecule has 0 aliphatic heterocycles. The van der Waals surface area contributed by atoms with E-state index in [9.17, 15) is 10.2 Å². The highest BCUT2D eigenvalue weighted by Crippen LogP contribution is 2.48. The summed E-state index contributed by atoms with van der Waals surface area (Å²) >= 11 is 5.58. The standard InChI is InChI=1S/C23H22N4O2S/c1-23(8-9-23)26-10-7-14-17(26)3-2-4-18(14)27-21(24-25-22(27)30)16-11-15(13-5-6-13)19(28)12-20(16)29/h2-4,7,10-13,28-29H,5-6,8-9H2,1H3,(H,25,30). The fraction of sp³-hybridized carbons (Fsp3) is 0.304. The normalized spacial score (nSPS) is 17.5. The van der Waals surface area contributed by atoms with Crippen LogP contribution in [0.4, 0.5) is 0 Å². The third kappa shape index (κ3) is 2.55. The summed E-state index contributed by atoms with van der Waals surface area (Å²) < 4.78 is 4.68. The van der Waals surface area contributed by atoms with E-state index in [-0.39, 0.29) is 17.0 Å². The van der Waals surface area contributed by atoms with Crippen LogP contribution in [0.2, 0.25) is 0 Å². The fourth-order valence-corrected chi connectivity index (χ4v) is 4.66. The van der Waals surface area contributed by atoms with Gasteiger partial charge in [-0.2, -0.15) is 5.10 Å². The Kier molecular flexibility index (Phi) is 3.54. The summed E-state index contributed by atoms with van der Waals surface area (Å²) in [6.45, 7) is 2.28. The Bertz CT molecular complexity index is 1370. The number of aromatic nitrogens is 4. The molecule has 2 aliphatic carbocycles. The molecule has 3 N–H and O–H groups in total. The molecule has 0 bridgehead atoms. The lowest BCUT2D eigenvalue weighted by molar-refractivity contribution is 0.447. The van der Waals surface area contributed by atoms with E-state index < -0.39 is 0 Å². The average molecular weight is 419 g/mol. The van der Waals surface area contributed by atoms with Gasteiger partial charge in [-0.15, -0.1) is 0 Å². The Balaban J connectivity index is 1.57. The lowest BCUT2D eigenvalue weighted by atomic mass is 10.0. The van der Waals surface area contributed by atoms with Crippen LogP contribution in [0.25, 0.3) is 28.0 Å². The molecule has 0 spiro atoms. The van der Waals surface area contributed by atoms with Crippen LogP contribution < -0.4 is 0 Å². The zero-order chi connectivity index (χ0) is 20.6. The number of rotatable bonds is 4. The molecular formula is C23H22N4O2S. The number of hydrogen-bond donors (Lipinski definition) is 3. The molecule has 0 amide bonds. The van der Waals surface area contributed by atoms with Gasteiger partial charge < -0.3 is 14.8 Å². The van der Waals surface area contributed by atoms with Gasteiger partial charge in [0.15, 0.2) is 10.6 Å². The molecular weight excluding hydrogens is 396 g/mol. The third-order valence-corrected chi connectivity index (χ3v) is 6.86. The van der Waals surface area contributed by atoms with Crippen molar-refractivity contribution in [1.82, 2.24) is 19.3 Å². The number of fused-ring (bicyclic) bond motifs is 1. The predicted molar refractivity (Wildman–Crippen MR) is 118 cm³/mol. The molecule has 152 valence electrons. The minimum Gasteiger partial charge on any atom is -0.508 e. The summed E-state index contributed by atoms with van der Waals surface area (Å²) in [5.74, 6) is 1.01. The minimum absolute atomic E-state index is 0.0117. The predicted octanol–water partition coefficient (Wildman–Crippen LogP) is 5.35. The maximum absolute atomic E-state index is 10.6. The van der Waals surface area contributed by atoms with Crippen molar-refractivity contribution >= 4 is 23.1 Å². The van der Waals surface area contributed by atoms with E-state index in [2.05, 4.69) is 40.0 Å². The highest BCUT2D eigenvalue weighted by Gasteiger charge is 2.39. The van der Waals surface area contributed by atoms with Crippen LogP contribution in [0.5, 0.6) is 11.5 Å². The molecule has 6 nitrogen and oxygen atoms in total. The summed E-state index contributed by atoms with van der Waals surface area (Å²) in [5, 5.41) is 29.3. The molecule has 2 fully saturated rings. The molecule has 6 rings (SSSR count). The number of H-pyrrole nitrogens is 1. The molecule has 2 heterocycles. The number of phenolic OH excluding ortho intramolecular Hbond substituents is 2. The van der Waals surface area contributed by atoms with Crippen LogP contribution in [0, 0.1) is 4.77 Å². The lowest BCUT2D eigenvalue weighted by Crippen LogP contribution is -2.10. The highest BCUT2D eigenvalue weighted by atomic mass is 32.1. The molecule has 2 aromatic heterocycles. The Morgan fingerprint density at radius 3 is 2.67 bits per heavy atom. The monoisotopic (exact) mass is 418 g/mol. The molecule has 0 atom stereocenters. The van der Waals surface area contributed by atoms with Crippen molar-refractivity contribution in [3.8, 4) is 28.6 Å². The van der Waals surface area contributed by atoms with Crippen LogP contribution >= 0.6 is 12.2 Å². The van der Waals surface area contributed by atoms with Crippen molar-refractivity contribution in [3.05, 3.63) is 52.9 Å². The van der Waals surface area contributed by atoms with Crippen molar-refractivity contribution in [2.24, 2.45) is 0 Å². The van der Waals surface area contributed by atoms with Crippen LogP contribution in [0.15, 0.2) is 42.6 Å². The average Bonchev–Trinajstić information content (AvgIpc) is 3.62. The summed E-state index contributed by atoms with van der Waals surface area (Å²) in [6, 6.07) is 11.6. The van der Waals surface area contributed by atoms with Gasteiger partial charge in [0.1, 0.15) is 11.5 Å². The summed E-state index contributed by atoms with van der Waals surface area (Å²) in [5.41, 5.74) is 3.69. The maximum Gasteiger partial charge on any atom is 0.200 e. The maximum atomic E-state index is 10.6. The Morgan fingerprint density at radius 1 is 1.13 bits per heavy atom. The topological polar surface area (TPSA) is 79.0 Å². The largest absolute Gasteiger partial charge is 0.508 e. The first-order chi connectivity index (χ1) is 14.5. The second kappa shape index (κ2) is 5.98. The number of nitrogens with zero attached hydrogens (tertiary/aromatic N) is 3. The zero-order valence-corrected chi connectivity index (χ0v) is 17.4. The number of nitrogens with one attached hydrogen (secondary N) is 1. The minimum atomic E-state index is -0.0117. The summed E-state index contributed by atoms with van der Waals surface area (Å²) in [7, 11) is 0. The summed E-state index contributed by atoms with van der Waals surface area (Å²) in [4.78, 5) is 0. The van der Waals surface area contributed by atoms with Crippen LogP contribution in [0.3, 0.4) is 0 Å². The molecule has 0 radical (unpaired) electrons. The summed E-state index contributed by atoms with van der Waals surface area (Å²) in [6.07, 6.45) is 6.62. The Hall–Kier alpha value is -3.06. The third-order valence-electron chi connectivity index (χ3n) is 6.58. The van der Waals surface area contributed by atoms with Crippen LogP contribution in [0.1, 0.15) is 44.1 Å². The van der Waals surface area contributed by atoms with Crippen molar-refractivity contribution < 1.29 is 10.2 Å². The van der Waals surface area contributed by atoms with Gasteiger partial charge in [-0.25, -0.2) is 0 Å². The van der Waals surface area contributed by atoms with Gasteiger partial charge in [0.05, 0.1) is 16.8 Å². The second-order valence-corrected chi connectivity index (χ2v) is 9.17. The van der Waals surface area contributed by atoms with Gasteiger partial charge in [0.2, 0.25) is 0 Å².